The van der Waals surface area contributed by atoms with Crippen LogP contribution in [0, 0.1) is 5.92 Å². The van der Waals surface area contributed by atoms with Crippen molar-refractivity contribution in [2.75, 3.05) is 0 Å². The minimum Gasteiger partial charge on any atom is -0.457 e. The van der Waals surface area contributed by atoms with E-state index >= 15 is 0 Å². The first-order chi connectivity index (χ1) is 17.0. The molecule has 0 aromatic heterocycles. The average Bonchev–Trinajstić information content (AvgIpc) is 2.89. The molecule has 4 aromatic rings. The van der Waals surface area contributed by atoms with E-state index in [1.54, 1.807) is 0 Å². The highest BCUT2D eigenvalue weighted by molar-refractivity contribution is 5.72. The van der Waals surface area contributed by atoms with E-state index in [1.807, 2.05) is 110 Å². The molecule has 1 N–H and O–H groups in total. The van der Waals surface area contributed by atoms with Crippen molar-refractivity contribution in [3.63, 3.8) is 0 Å². The summed E-state index contributed by atoms with van der Waals surface area (Å²) in [6, 6.07) is 37.7. The lowest BCUT2D eigenvalue weighted by Crippen LogP contribution is -2.43. The lowest BCUT2D eigenvalue weighted by Gasteiger charge is -2.31. The van der Waals surface area contributed by atoms with Crippen LogP contribution in [0.15, 0.2) is 115 Å². The molecular formula is C31H31NO3. The summed E-state index contributed by atoms with van der Waals surface area (Å²) < 4.78 is 5.93. The number of hydrogen-bond acceptors (Lipinski definition) is 4. The average molecular weight is 466 g/mol. The predicted molar refractivity (Wildman–Crippen MR) is 139 cm³/mol. The molecule has 0 aliphatic heterocycles. The molecule has 0 aliphatic carbocycles. The summed E-state index contributed by atoms with van der Waals surface area (Å²) in [5.74, 6) is 0.896. The van der Waals surface area contributed by atoms with Crippen molar-refractivity contribution in [1.29, 1.82) is 0 Å². The lowest BCUT2D eigenvalue weighted by molar-refractivity contribution is -0.161. The topological polar surface area (TPSA) is 47.6 Å². The highest BCUT2D eigenvalue weighted by Gasteiger charge is 2.29. The van der Waals surface area contributed by atoms with Gasteiger partial charge in [0.2, 0.25) is 0 Å². The SMILES string of the molecule is CC(Cc1cccc(Oc2ccccc2)c1)C(=O)ON[C@@](C)(Cc1ccccc1)c1ccccc1. The second kappa shape index (κ2) is 11.5. The van der Waals surface area contributed by atoms with Gasteiger partial charge in [-0.1, -0.05) is 97.9 Å². The fourth-order valence-corrected chi connectivity index (χ4v) is 4.07. The first kappa shape index (κ1) is 24.2. The zero-order valence-electron chi connectivity index (χ0n) is 20.2. The Morgan fingerprint density at radius 3 is 2.03 bits per heavy atom. The number of rotatable bonds is 10. The van der Waals surface area contributed by atoms with Gasteiger partial charge in [-0.2, -0.15) is 0 Å². The van der Waals surface area contributed by atoms with E-state index in [4.69, 9.17) is 9.57 Å². The Hall–Kier alpha value is -3.89. The second-order valence-electron chi connectivity index (χ2n) is 9.05. The Balaban J connectivity index is 1.40. The third-order valence-electron chi connectivity index (χ3n) is 6.01. The zero-order valence-corrected chi connectivity index (χ0v) is 20.2. The smallest absolute Gasteiger partial charge is 0.327 e. The van der Waals surface area contributed by atoms with Crippen molar-refractivity contribution < 1.29 is 14.4 Å². The Kier molecular flexibility index (Phi) is 7.96. The van der Waals surface area contributed by atoms with Gasteiger partial charge in [-0.15, -0.1) is 5.48 Å². The number of carbonyl (C=O) groups is 1. The van der Waals surface area contributed by atoms with Gasteiger partial charge in [-0.25, -0.2) is 0 Å². The van der Waals surface area contributed by atoms with Crippen molar-refractivity contribution in [2.24, 2.45) is 5.92 Å². The van der Waals surface area contributed by atoms with Gasteiger partial charge in [0.15, 0.2) is 0 Å². The third kappa shape index (κ3) is 6.81. The van der Waals surface area contributed by atoms with E-state index < -0.39 is 5.54 Å². The fraction of sp³-hybridized carbons (Fsp3) is 0.194. The van der Waals surface area contributed by atoms with Gasteiger partial charge in [0.05, 0.1) is 11.5 Å². The Labute approximate surface area is 207 Å². The summed E-state index contributed by atoms with van der Waals surface area (Å²) in [7, 11) is 0. The van der Waals surface area contributed by atoms with E-state index in [9.17, 15) is 4.79 Å². The summed E-state index contributed by atoms with van der Waals surface area (Å²) >= 11 is 0. The molecular weight excluding hydrogens is 434 g/mol. The minimum atomic E-state index is -0.568. The van der Waals surface area contributed by atoms with Crippen LogP contribution in [0.1, 0.15) is 30.5 Å². The van der Waals surface area contributed by atoms with Gasteiger partial charge in [0, 0.05) is 0 Å². The molecule has 0 bridgehead atoms. The molecule has 0 fully saturated rings. The van der Waals surface area contributed by atoms with Gasteiger partial charge in [0.1, 0.15) is 11.5 Å². The molecule has 0 saturated heterocycles. The highest BCUT2D eigenvalue weighted by atomic mass is 16.7. The van der Waals surface area contributed by atoms with E-state index in [-0.39, 0.29) is 11.9 Å². The van der Waals surface area contributed by atoms with Crippen LogP contribution in [0.25, 0.3) is 0 Å². The summed E-state index contributed by atoms with van der Waals surface area (Å²) in [6.45, 7) is 3.93. The first-order valence-electron chi connectivity index (χ1n) is 11.9. The molecule has 4 nitrogen and oxygen atoms in total. The molecule has 1 unspecified atom stereocenters. The Morgan fingerprint density at radius 1 is 0.771 bits per heavy atom. The van der Waals surface area contributed by atoms with Crippen LogP contribution in [0.2, 0.25) is 0 Å². The zero-order chi connectivity index (χ0) is 24.5. The Morgan fingerprint density at radius 2 is 1.34 bits per heavy atom. The number of carbonyl (C=O) groups excluding carboxylic acids is 1. The largest absolute Gasteiger partial charge is 0.457 e. The van der Waals surface area contributed by atoms with Gasteiger partial charge >= 0.3 is 5.97 Å². The van der Waals surface area contributed by atoms with E-state index in [2.05, 4.69) is 24.5 Å². The van der Waals surface area contributed by atoms with Crippen LogP contribution >= 0.6 is 0 Å². The van der Waals surface area contributed by atoms with Crippen molar-refractivity contribution in [3.05, 3.63) is 132 Å². The Bertz CT molecular complexity index is 1210. The molecule has 4 aromatic carbocycles. The molecule has 0 heterocycles. The quantitative estimate of drug-likeness (QED) is 0.260. The third-order valence-corrected chi connectivity index (χ3v) is 6.01. The summed E-state index contributed by atoms with van der Waals surface area (Å²) in [5.41, 5.74) is 5.75. The summed E-state index contributed by atoms with van der Waals surface area (Å²) in [4.78, 5) is 18.6. The van der Waals surface area contributed by atoms with Crippen molar-refractivity contribution >= 4 is 5.97 Å². The summed E-state index contributed by atoms with van der Waals surface area (Å²) in [5, 5.41) is 0. The van der Waals surface area contributed by atoms with Crippen molar-refractivity contribution in [1.82, 2.24) is 5.48 Å². The molecule has 178 valence electrons. The van der Waals surface area contributed by atoms with Crippen LogP contribution in [-0.2, 0) is 28.0 Å². The number of benzene rings is 4. The monoisotopic (exact) mass is 465 g/mol. The van der Waals surface area contributed by atoms with Crippen LogP contribution in [0.5, 0.6) is 11.5 Å². The van der Waals surface area contributed by atoms with Crippen LogP contribution < -0.4 is 10.2 Å². The van der Waals surface area contributed by atoms with Crippen LogP contribution in [0.3, 0.4) is 0 Å². The number of para-hydroxylation sites is 1. The molecule has 0 radical (unpaired) electrons. The van der Waals surface area contributed by atoms with Gasteiger partial charge in [-0.05, 0) is 60.7 Å². The lowest BCUT2D eigenvalue weighted by atomic mass is 9.86. The number of nitrogens with one attached hydrogen (secondary N) is 1. The maximum absolute atomic E-state index is 12.9. The fourth-order valence-electron chi connectivity index (χ4n) is 4.07. The molecule has 35 heavy (non-hydrogen) atoms. The minimum absolute atomic E-state index is 0.297. The standard InChI is InChI=1S/C31H31NO3/c1-24(21-26-15-12-20-29(22-26)34-28-18-10-5-11-19-28)30(33)35-32-31(2,27-16-8-4-9-17-27)23-25-13-6-3-7-14-25/h3-20,22,24,32H,21,23H2,1-2H3/t24?,31-/m0/s1. The number of hydroxylamine groups is 1. The van der Waals surface area contributed by atoms with Crippen LogP contribution in [0.4, 0.5) is 0 Å². The van der Waals surface area contributed by atoms with Gasteiger partial charge in [-0.3, -0.25) is 4.79 Å². The number of ether oxygens (including phenoxy) is 1. The molecule has 0 saturated carbocycles. The van der Waals surface area contributed by atoms with Crippen LogP contribution in [-0.4, -0.2) is 5.97 Å². The van der Waals surface area contributed by atoms with E-state index in [0.717, 1.165) is 28.2 Å². The highest BCUT2D eigenvalue weighted by Crippen LogP contribution is 2.27. The summed E-state index contributed by atoms with van der Waals surface area (Å²) in [6.07, 6.45) is 1.23. The molecule has 2 atom stereocenters. The van der Waals surface area contributed by atoms with E-state index in [0.29, 0.717) is 12.8 Å². The van der Waals surface area contributed by atoms with Crippen molar-refractivity contribution in [2.45, 2.75) is 32.2 Å². The van der Waals surface area contributed by atoms with Gasteiger partial charge in [0.25, 0.3) is 0 Å². The second-order valence-corrected chi connectivity index (χ2v) is 9.05. The van der Waals surface area contributed by atoms with Crippen molar-refractivity contribution in [3.8, 4) is 11.5 Å². The van der Waals surface area contributed by atoms with E-state index in [1.165, 1.54) is 0 Å². The number of hydrogen-bond donors (Lipinski definition) is 1. The maximum Gasteiger partial charge on any atom is 0.327 e. The molecule has 0 spiro atoms. The molecule has 0 aliphatic rings. The first-order valence-corrected chi connectivity index (χ1v) is 11.9. The molecule has 4 heteroatoms. The van der Waals surface area contributed by atoms with Gasteiger partial charge < -0.3 is 9.57 Å². The molecule has 4 rings (SSSR count). The maximum atomic E-state index is 12.9. The predicted octanol–water partition coefficient (Wildman–Crippen LogP) is 6.86. The normalized spacial score (nSPS) is 13.4. The molecule has 0 amide bonds.